The number of unbranched alkanes of at least 4 members (excludes halogenated alkanes) is 1. The molecule has 70 valence electrons. The third kappa shape index (κ3) is 2.81. The molecule has 0 unspecified atom stereocenters. The van der Waals surface area contributed by atoms with E-state index in [2.05, 4.69) is 12.1 Å². The molecular formula is C9H17NO2. The second-order valence-electron chi connectivity index (χ2n) is 3.37. The van der Waals surface area contributed by atoms with E-state index in [1.165, 1.54) is 6.42 Å². The molecule has 3 nitrogen and oxygen atoms in total. The van der Waals surface area contributed by atoms with Gasteiger partial charge in [-0.3, -0.25) is 0 Å². The summed E-state index contributed by atoms with van der Waals surface area (Å²) in [6, 6.07) is 0. The smallest absolute Gasteiger partial charge is 0.0578 e. The van der Waals surface area contributed by atoms with Gasteiger partial charge in [0.25, 0.3) is 0 Å². The van der Waals surface area contributed by atoms with Crippen LogP contribution in [0.4, 0.5) is 0 Å². The summed E-state index contributed by atoms with van der Waals surface area (Å²) >= 11 is 0. The third-order valence-electron chi connectivity index (χ3n) is 2.19. The Hall–Kier alpha value is -0.570. The molecule has 0 atom stereocenters. The zero-order valence-corrected chi connectivity index (χ0v) is 7.62. The molecule has 1 saturated carbocycles. The molecule has 0 aromatic rings. The van der Waals surface area contributed by atoms with E-state index in [9.17, 15) is 0 Å². The molecule has 0 radical (unpaired) electrons. The minimum atomic E-state index is 0.604. The summed E-state index contributed by atoms with van der Waals surface area (Å²) in [5, 5.41) is 11.5. The van der Waals surface area contributed by atoms with E-state index in [0.717, 1.165) is 38.2 Å². The molecule has 1 aliphatic carbocycles. The summed E-state index contributed by atoms with van der Waals surface area (Å²) in [6.07, 6.45) is 4.17. The third-order valence-corrected chi connectivity index (χ3v) is 2.19. The largest absolute Gasteiger partial charge is 0.411 e. The Morgan fingerprint density at radius 1 is 1.58 bits per heavy atom. The molecule has 0 bridgehead atoms. The molecule has 0 saturated heterocycles. The highest BCUT2D eigenvalue weighted by Crippen LogP contribution is 2.24. The number of nitrogens with zero attached hydrogens (tertiary/aromatic N) is 1. The van der Waals surface area contributed by atoms with Crippen molar-refractivity contribution >= 4 is 5.71 Å². The van der Waals surface area contributed by atoms with Crippen molar-refractivity contribution in [1.82, 2.24) is 0 Å². The summed E-state index contributed by atoms with van der Waals surface area (Å²) < 4.78 is 5.43. The summed E-state index contributed by atoms with van der Waals surface area (Å²) in [6.45, 7) is 3.86. The van der Waals surface area contributed by atoms with Crippen LogP contribution in [0.15, 0.2) is 5.16 Å². The van der Waals surface area contributed by atoms with Crippen LogP contribution < -0.4 is 0 Å². The average molecular weight is 171 g/mol. The molecule has 1 fully saturated rings. The highest BCUT2D eigenvalue weighted by molar-refractivity contribution is 5.89. The second kappa shape index (κ2) is 5.14. The van der Waals surface area contributed by atoms with Crippen molar-refractivity contribution in [3.05, 3.63) is 0 Å². The van der Waals surface area contributed by atoms with Crippen LogP contribution in [0.5, 0.6) is 0 Å². The first-order chi connectivity index (χ1) is 5.86. The zero-order valence-electron chi connectivity index (χ0n) is 7.62. The number of hydrogen-bond acceptors (Lipinski definition) is 3. The Morgan fingerprint density at radius 2 is 2.33 bits per heavy atom. The van der Waals surface area contributed by atoms with Crippen LogP contribution in [-0.2, 0) is 4.74 Å². The summed E-state index contributed by atoms with van der Waals surface area (Å²) in [4.78, 5) is 0. The highest BCUT2D eigenvalue weighted by atomic mass is 16.5. The first-order valence-corrected chi connectivity index (χ1v) is 4.64. The van der Waals surface area contributed by atoms with Crippen LogP contribution in [-0.4, -0.2) is 24.1 Å². The van der Waals surface area contributed by atoms with Gasteiger partial charge < -0.3 is 9.94 Å². The van der Waals surface area contributed by atoms with E-state index >= 15 is 0 Å². The first-order valence-electron chi connectivity index (χ1n) is 4.64. The van der Waals surface area contributed by atoms with Gasteiger partial charge in [0.1, 0.15) is 0 Å². The molecular weight excluding hydrogens is 154 g/mol. The average Bonchev–Trinajstić information content (AvgIpc) is 2.01. The maximum absolute atomic E-state index is 8.36. The van der Waals surface area contributed by atoms with Crippen molar-refractivity contribution in [2.24, 2.45) is 11.1 Å². The minimum absolute atomic E-state index is 0.604. The van der Waals surface area contributed by atoms with Crippen molar-refractivity contribution in [2.45, 2.75) is 32.6 Å². The predicted molar refractivity (Wildman–Crippen MR) is 47.7 cm³/mol. The topological polar surface area (TPSA) is 41.8 Å². The van der Waals surface area contributed by atoms with E-state index < -0.39 is 0 Å². The lowest BCUT2D eigenvalue weighted by atomic mass is 9.84. The molecule has 1 N–H and O–H groups in total. The maximum Gasteiger partial charge on any atom is 0.0578 e. The fraction of sp³-hybridized carbons (Fsp3) is 0.889. The Morgan fingerprint density at radius 3 is 2.92 bits per heavy atom. The van der Waals surface area contributed by atoms with Crippen LogP contribution in [0.3, 0.4) is 0 Å². The van der Waals surface area contributed by atoms with Gasteiger partial charge in [-0.1, -0.05) is 18.5 Å². The van der Waals surface area contributed by atoms with Gasteiger partial charge in [-0.15, -0.1) is 0 Å². The number of oxime groups is 1. The standard InChI is InChI=1S/C9H17NO2/c1-2-3-4-12-7-8-5-9(6-8)10-11/h8,11H,2-7H2,1H3. The van der Waals surface area contributed by atoms with Gasteiger partial charge in [0.15, 0.2) is 0 Å². The van der Waals surface area contributed by atoms with Crippen LogP contribution in [0.2, 0.25) is 0 Å². The van der Waals surface area contributed by atoms with Gasteiger partial charge in [-0.25, -0.2) is 0 Å². The van der Waals surface area contributed by atoms with Crippen molar-refractivity contribution in [3.8, 4) is 0 Å². The Kier molecular flexibility index (Phi) is 4.08. The number of rotatable bonds is 5. The first kappa shape index (κ1) is 9.52. The summed E-state index contributed by atoms with van der Waals surface area (Å²) in [5.41, 5.74) is 0.916. The van der Waals surface area contributed by atoms with Crippen molar-refractivity contribution in [1.29, 1.82) is 0 Å². The van der Waals surface area contributed by atoms with Gasteiger partial charge in [-0.2, -0.15) is 0 Å². The second-order valence-corrected chi connectivity index (χ2v) is 3.37. The molecule has 12 heavy (non-hydrogen) atoms. The van der Waals surface area contributed by atoms with Crippen molar-refractivity contribution < 1.29 is 9.94 Å². The molecule has 3 heteroatoms. The zero-order chi connectivity index (χ0) is 8.81. The lowest BCUT2D eigenvalue weighted by Gasteiger charge is -2.26. The SMILES string of the molecule is CCCCOCC1CC(=NO)C1. The van der Waals surface area contributed by atoms with Crippen molar-refractivity contribution in [3.63, 3.8) is 0 Å². The van der Waals surface area contributed by atoms with Gasteiger partial charge in [-0.05, 0) is 25.2 Å². The normalized spacial score (nSPS) is 22.1. The van der Waals surface area contributed by atoms with E-state index in [4.69, 9.17) is 9.94 Å². The fourth-order valence-electron chi connectivity index (χ4n) is 1.30. The Labute approximate surface area is 73.4 Å². The summed E-state index contributed by atoms with van der Waals surface area (Å²) in [7, 11) is 0. The molecule has 1 aliphatic rings. The Bertz CT molecular complexity index is 149. The number of hydrogen-bond donors (Lipinski definition) is 1. The van der Waals surface area contributed by atoms with Gasteiger partial charge >= 0.3 is 0 Å². The van der Waals surface area contributed by atoms with Crippen LogP contribution in [0.1, 0.15) is 32.6 Å². The predicted octanol–water partition coefficient (Wildman–Crippen LogP) is 2.04. The minimum Gasteiger partial charge on any atom is -0.411 e. The highest BCUT2D eigenvalue weighted by Gasteiger charge is 2.24. The van der Waals surface area contributed by atoms with Crippen LogP contribution >= 0.6 is 0 Å². The quantitative estimate of drug-likeness (QED) is 0.391. The maximum atomic E-state index is 8.36. The molecule has 1 rings (SSSR count). The molecule has 0 aromatic heterocycles. The van der Waals surface area contributed by atoms with E-state index in [-0.39, 0.29) is 0 Å². The van der Waals surface area contributed by atoms with Gasteiger partial charge in [0, 0.05) is 6.61 Å². The lowest BCUT2D eigenvalue weighted by molar-refractivity contribution is 0.0925. The van der Waals surface area contributed by atoms with Gasteiger partial charge in [0.2, 0.25) is 0 Å². The molecule has 0 aliphatic heterocycles. The van der Waals surface area contributed by atoms with Gasteiger partial charge in [0.05, 0.1) is 12.3 Å². The molecule has 0 aromatic carbocycles. The molecule has 0 amide bonds. The van der Waals surface area contributed by atoms with Crippen LogP contribution in [0, 0.1) is 5.92 Å². The van der Waals surface area contributed by atoms with E-state index in [1.54, 1.807) is 0 Å². The number of ether oxygens (including phenoxy) is 1. The van der Waals surface area contributed by atoms with Crippen LogP contribution in [0.25, 0.3) is 0 Å². The van der Waals surface area contributed by atoms with E-state index in [0.29, 0.717) is 5.92 Å². The van der Waals surface area contributed by atoms with Crippen molar-refractivity contribution in [2.75, 3.05) is 13.2 Å². The molecule has 0 heterocycles. The molecule has 0 spiro atoms. The summed E-state index contributed by atoms with van der Waals surface area (Å²) in [5.74, 6) is 0.604. The monoisotopic (exact) mass is 171 g/mol. The lowest BCUT2D eigenvalue weighted by Crippen LogP contribution is -2.27. The Balaban J connectivity index is 1.90. The van der Waals surface area contributed by atoms with E-state index in [1.807, 2.05) is 0 Å². The fourth-order valence-corrected chi connectivity index (χ4v) is 1.30.